The van der Waals surface area contributed by atoms with Gasteiger partial charge in [0.25, 0.3) is 5.56 Å². The molecule has 2 rings (SSSR count). The highest BCUT2D eigenvalue weighted by Crippen LogP contribution is 2.05. The number of hydrogen-bond donors (Lipinski definition) is 2. The van der Waals surface area contributed by atoms with Gasteiger partial charge in [-0.1, -0.05) is 0 Å². The van der Waals surface area contributed by atoms with Gasteiger partial charge in [-0.2, -0.15) is 12.6 Å². The van der Waals surface area contributed by atoms with Crippen molar-refractivity contribution in [2.45, 2.75) is 5.75 Å². The van der Waals surface area contributed by atoms with Crippen molar-refractivity contribution in [3.63, 3.8) is 0 Å². The number of rotatable bonds is 1. The molecule has 0 amide bonds. The summed E-state index contributed by atoms with van der Waals surface area (Å²) in [6, 6.07) is 0. The Morgan fingerprint density at radius 2 is 2.00 bits per heavy atom. The summed E-state index contributed by atoms with van der Waals surface area (Å²) in [5.74, 6) is 0.970. The van der Waals surface area contributed by atoms with Gasteiger partial charge in [-0.15, -0.1) is 0 Å². The topological polar surface area (TPSA) is 72.7 Å². The fourth-order valence-electron chi connectivity index (χ4n) is 1.45. The van der Waals surface area contributed by atoms with Crippen molar-refractivity contribution >= 4 is 23.8 Å². The van der Waals surface area contributed by atoms with Gasteiger partial charge >= 0.3 is 5.69 Å². The van der Waals surface area contributed by atoms with Gasteiger partial charge in [-0.25, -0.2) is 9.78 Å². The van der Waals surface area contributed by atoms with Gasteiger partial charge in [0.15, 0.2) is 5.65 Å². The molecule has 2 heterocycles. The van der Waals surface area contributed by atoms with Crippen LogP contribution in [-0.2, 0) is 19.8 Å². The second kappa shape index (κ2) is 3.27. The number of aromatic nitrogens is 4. The van der Waals surface area contributed by atoms with Gasteiger partial charge in [0.1, 0.15) is 11.3 Å². The molecule has 2 aromatic heterocycles. The SMILES string of the molecule is Cn1c(=O)c2[nH]c(CS)nc2n(C)c1=O. The van der Waals surface area contributed by atoms with Crippen LogP contribution < -0.4 is 11.2 Å². The van der Waals surface area contributed by atoms with Crippen LogP contribution in [-0.4, -0.2) is 19.1 Å². The van der Waals surface area contributed by atoms with Crippen LogP contribution in [0, 0.1) is 0 Å². The molecule has 0 bridgehead atoms. The molecule has 1 N–H and O–H groups in total. The Kier molecular flexibility index (Phi) is 2.18. The van der Waals surface area contributed by atoms with Crippen LogP contribution in [0.25, 0.3) is 11.2 Å². The van der Waals surface area contributed by atoms with Crippen LogP contribution in [0.2, 0.25) is 0 Å². The first-order valence-electron chi connectivity index (χ1n) is 4.31. The lowest BCUT2D eigenvalue weighted by atomic mass is 10.5. The lowest BCUT2D eigenvalue weighted by Gasteiger charge is -2.00. The molecule has 0 saturated carbocycles. The average molecular weight is 226 g/mol. The van der Waals surface area contributed by atoms with E-state index < -0.39 is 0 Å². The van der Waals surface area contributed by atoms with E-state index in [2.05, 4.69) is 22.6 Å². The summed E-state index contributed by atoms with van der Waals surface area (Å²) in [7, 11) is 3.01. The maximum absolute atomic E-state index is 11.7. The van der Waals surface area contributed by atoms with E-state index in [-0.39, 0.29) is 11.2 Å². The normalized spacial score (nSPS) is 11.1. The molecule has 15 heavy (non-hydrogen) atoms. The zero-order chi connectivity index (χ0) is 11.2. The van der Waals surface area contributed by atoms with Gasteiger partial charge < -0.3 is 4.98 Å². The molecule has 0 fully saturated rings. The van der Waals surface area contributed by atoms with E-state index in [0.717, 1.165) is 4.57 Å². The predicted octanol–water partition coefficient (Wildman–Crippen LogP) is -0.610. The molecule has 0 aromatic carbocycles. The predicted molar refractivity (Wildman–Crippen MR) is 59.3 cm³/mol. The summed E-state index contributed by atoms with van der Waals surface area (Å²) in [6.45, 7) is 0. The van der Waals surface area contributed by atoms with Crippen LogP contribution >= 0.6 is 12.6 Å². The molecule has 80 valence electrons. The van der Waals surface area contributed by atoms with E-state index in [4.69, 9.17) is 0 Å². The standard InChI is InChI=1S/C8H10N4O2S/c1-11-6-5(9-4(3-15)10-6)7(13)12(2)8(11)14/h15H,3H2,1-2H3,(H,9,10). The quantitative estimate of drug-likeness (QED) is 0.637. The first-order valence-corrected chi connectivity index (χ1v) is 4.95. The molecular weight excluding hydrogens is 216 g/mol. The molecule has 0 aliphatic rings. The fraction of sp³-hybridized carbons (Fsp3) is 0.375. The number of nitrogens with one attached hydrogen (secondary N) is 1. The molecule has 0 radical (unpaired) electrons. The Bertz CT molecular complexity index is 636. The van der Waals surface area contributed by atoms with Crippen LogP contribution in [0.15, 0.2) is 9.59 Å². The summed E-state index contributed by atoms with van der Waals surface area (Å²) >= 11 is 4.05. The zero-order valence-corrected chi connectivity index (χ0v) is 9.21. The number of thiol groups is 1. The molecule has 0 saturated heterocycles. The van der Waals surface area contributed by atoms with E-state index in [1.54, 1.807) is 7.05 Å². The summed E-state index contributed by atoms with van der Waals surface area (Å²) in [5, 5.41) is 0. The maximum atomic E-state index is 11.7. The molecule has 0 atom stereocenters. The Hall–Kier alpha value is -1.50. The van der Waals surface area contributed by atoms with Crippen LogP contribution in [0.4, 0.5) is 0 Å². The van der Waals surface area contributed by atoms with Gasteiger partial charge in [-0.05, 0) is 0 Å². The summed E-state index contributed by atoms with van der Waals surface area (Å²) < 4.78 is 2.38. The van der Waals surface area contributed by atoms with Crippen molar-refractivity contribution in [3.05, 3.63) is 26.7 Å². The molecule has 0 aliphatic heterocycles. The second-order valence-corrected chi connectivity index (χ2v) is 3.56. The number of aromatic amines is 1. The van der Waals surface area contributed by atoms with Crippen molar-refractivity contribution in [3.8, 4) is 0 Å². The molecule has 2 aromatic rings. The van der Waals surface area contributed by atoms with Gasteiger partial charge in [0, 0.05) is 19.8 Å². The van der Waals surface area contributed by atoms with Crippen molar-refractivity contribution in [2.75, 3.05) is 0 Å². The Morgan fingerprint density at radius 1 is 1.33 bits per heavy atom. The third-order valence-electron chi connectivity index (χ3n) is 2.29. The van der Waals surface area contributed by atoms with E-state index in [0.29, 0.717) is 22.7 Å². The van der Waals surface area contributed by atoms with Crippen molar-refractivity contribution in [1.82, 2.24) is 19.1 Å². The lowest BCUT2D eigenvalue weighted by Crippen LogP contribution is -2.36. The van der Waals surface area contributed by atoms with Crippen LogP contribution in [0.3, 0.4) is 0 Å². The van der Waals surface area contributed by atoms with E-state index in [1.165, 1.54) is 11.6 Å². The fourth-order valence-corrected chi connectivity index (χ4v) is 1.60. The zero-order valence-electron chi connectivity index (χ0n) is 8.31. The molecule has 7 heteroatoms. The Morgan fingerprint density at radius 3 is 2.60 bits per heavy atom. The number of fused-ring (bicyclic) bond motifs is 1. The highest BCUT2D eigenvalue weighted by atomic mass is 32.1. The van der Waals surface area contributed by atoms with Crippen LogP contribution in [0.5, 0.6) is 0 Å². The minimum atomic E-state index is -0.385. The lowest BCUT2D eigenvalue weighted by molar-refractivity contribution is 0.708. The Balaban J connectivity index is 3.04. The molecular formula is C8H10N4O2S. The third-order valence-corrected chi connectivity index (χ3v) is 2.59. The molecule has 0 unspecified atom stereocenters. The first kappa shape index (κ1) is 10.0. The first-order chi connectivity index (χ1) is 7.06. The maximum Gasteiger partial charge on any atom is 0.332 e. The number of nitrogens with zero attached hydrogens (tertiary/aromatic N) is 3. The van der Waals surface area contributed by atoms with E-state index in [1.807, 2.05) is 0 Å². The van der Waals surface area contributed by atoms with Crippen molar-refractivity contribution in [1.29, 1.82) is 0 Å². The van der Waals surface area contributed by atoms with E-state index in [9.17, 15) is 9.59 Å². The highest BCUT2D eigenvalue weighted by Gasteiger charge is 2.12. The smallest absolute Gasteiger partial charge is 0.332 e. The largest absolute Gasteiger partial charge is 0.335 e. The number of H-pyrrole nitrogens is 1. The highest BCUT2D eigenvalue weighted by molar-refractivity contribution is 7.79. The molecule has 0 aliphatic carbocycles. The number of aryl methyl sites for hydroxylation is 1. The number of imidazole rings is 1. The van der Waals surface area contributed by atoms with Crippen molar-refractivity contribution in [2.24, 2.45) is 14.1 Å². The number of hydrogen-bond acceptors (Lipinski definition) is 4. The van der Waals surface area contributed by atoms with Gasteiger partial charge in [-0.3, -0.25) is 13.9 Å². The third kappa shape index (κ3) is 1.30. The average Bonchev–Trinajstić information content (AvgIpc) is 2.67. The minimum absolute atomic E-state index is 0.337. The summed E-state index contributed by atoms with van der Waals surface area (Å²) in [4.78, 5) is 30.2. The summed E-state index contributed by atoms with van der Waals surface area (Å²) in [6.07, 6.45) is 0. The minimum Gasteiger partial charge on any atom is -0.335 e. The Labute approximate surface area is 90.0 Å². The van der Waals surface area contributed by atoms with Gasteiger partial charge in [0.05, 0.1) is 0 Å². The molecule has 6 nitrogen and oxygen atoms in total. The summed E-state index contributed by atoms with van der Waals surface area (Å²) in [5.41, 5.74) is -0.0471. The van der Waals surface area contributed by atoms with E-state index >= 15 is 0 Å². The molecule has 0 spiro atoms. The van der Waals surface area contributed by atoms with Gasteiger partial charge in [0.2, 0.25) is 0 Å². The van der Waals surface area contributed by atoms with Crippen LogP contribution in [0.1, 0.15) is 5.82 Å². The second-order valence-electron chi connectivity index (χ2n) is 3.25. The van der Waals surface area contributed by atoms with Crippen molar-refractivity contribution < 1.29 is 0 Å². The monoisotopic (exact) mass is 226 g/mol.